The van der Waals surface area contributed by atoms with Gasteiger partial charge in [0.25, 0.3) is 0 Å². The van der Waals surface area contributed by atoms with Crippen molar-refractivity contribution in [1.29, 1.82) is 0 Å². The average Bonchev–Trinajstić information content (AvgIpc) is 2.95. The van der Waals surface area contributed by atoms with Gasteiger partial charge in [0.05, 0.1) is 17.1 Å². The molecule has 0 aliphatic heterocycles. The molecule has 0 bridgehead atoms. The second kappa shape index (κ2) is 5.97. The topological polar surface area (TPSA) is 68.0 Å². The van der Waals surface area contributed by atoms with Crippen LogP contribution in [-0.2, 0) is 11.2 Å². The van der Waals surface area contributed by atoms with Crippen LogP contribution in [0.3, 0.4) is 0 Å². The van der Waals surface area contributed by atoms with Crippen molar-refractivity contribution in [2.75, 3.05) is 6.54 Å². The number of nitrogens with one attached hydrogen (secondary N) is 1. The lowest BCUT2D eigenvalue weighted by Gasteiger charge is -2.09. The monoisotopic (exact) mass is 279 g/mol. The summed E-state index contributed by atoms with van der Waals surface area (Å²) >= 11 is 1.63. The molecule has 0 saturated heterocycles. The highest BCUT2D eigenvalue weighted by molar-refractivity contribution is 7.09. The van der Waals surface area contributed by atoms with Gasteiger partial charge in [0, 0.05) is 29.6 Å². The molecular weight excluding hydrogens is 262 g/mol. The Bertz CT molecular complexity index is 562. The number of carbonyl (C=O) groups excluding carboxylic acids is 1. The molecule has 2 rings (SSSR count). The number of carbonyl (C=O) groups is 1. The molecule has 0 spiro atoms. The van der Waals surface area contributed by atoms with Gasteiger partial charge in [-0.15, -0.1) is 11.3 Å². The maximum Gasteiger partial charge on any atom is 0.227 e. The van der Waals surface area contributed by atoms with E-state index in [1.165, 1.54) is 0 Å². The van der Waals surface area contributed by atoms with Crippen LogP contribution >= 0.6 is 11.3 Å². The van der Waals surface area contributed by atoms with Gasteiger partial charge in [-0.2, -0.15) is 0 Å². The molecule has 0 aromatic carbocycles. The van der Waals surface area contributed by atoms with E-state index >= 15 is 0 Å². The van der Waals surface area contributed by atoms with E-state index in [2.05, 4.69) is 22.4 Å². The molecule has 1 N–H and O–H groups in total. The number of aromatic nitrogens is 2. The number of nitrogens with zero attached hydrogens (tertiary/aromatic N) is 2. The molecule has 1 amide bonds. The summed E-state index contributed by atoms with van der Waals surface area (Å²) in [5, 5.41) is 9.71. The molecule has 5 nitrogen and oxygen atoms in total. The second-order valence-electron chi connectivity index (χ2n) is 4.64. The highest BCUT2D eigenvalue weighted by Crippen LogP contribution is 2.18. The Morgan fingerprint density at radius 3 is 2.84 bits per heavy atom. The molecule has 6 heteroatoms. The standard InChI is InChI=1S/C13H17N3O2S/c1-8(13-15-10(3)7-19-13)6-14-12(17)5-11-4-9(2)16-18-11/h4,7-8H,5-6H2,1-3H3,(H,14,17)/t8-/m0/s1. The Morgan fingerprint density at radius 2 is 2.26 bits per heavy atom. The van der Waals surface area contributed by atoms with Gasteiger partial charge in [0.1, 0.15) is 5.76 Å². The number of aryl methyl sites for hydroxylation is 2. The number of thiazole rings is 1. The summed E-state index contributed by atoms with van der Waals surface area (Å²) in [7, 11) is 0. The Labute approximate surface area is 116 Å². The highest BCUT2D eigenvalue weighted by Gasteiger charge is 2.12. The minimum Gasteiger partial charge on any atom is -0.361 e. The van der Waals surface area contributed by atoms with Crippen molar-refractivity contribution in [3.8, 4) is 0 Å². The van der Waals surface area contributed by atoms with Gasteiger partial charge < -0.3 is 9.84 Å². The predicted octanol–water partition coefficient (Wildman–Crippen LogP) is 2.21. The Balaban J connectivity index is 1.80. The summed E-state index contributed by atoms with van der Waals surface area (Å²) in [5.41, 5.74) is 1.81. The SMILES string of the molecule is Cc1cc(CC(=O)NC[C@H](C)c2nc(C)cs2)on1. The number of amides is 1. The maximum absolute atomic E-state index is 11.7. The molecule has 0 saturated carbocycles. The zero-order chi connectivity index (χ0) is 13.8. The van der Waals surface area contributed by atoms with Gasteiger partial charge in [0.15, 0.2) is 0 Å². The Hall–Kier alpha value is -1.69. The summed E-state index contributed by atoms with van der Waals surface area (Å²) in [6.45, 7) is 6.44. The molecule has 1 atom stereocenters. The average molecular weight is 279 g/mol. The van der Waals surface area contributed by atoms with Crippen molar-refractivity contribution in [3.05, 3.63) is 33.6 Å². The van der Waals surface area contributed by atoms with Crippen molar-refractivity contribution in [3.63, 3.8) is 0 Å². The Morgan fingerprint density at radius 1 is 1.47 bits per heavy atom. The molecule has 0 aliphatic carbocycles. The van der Waals surface area contributed by atoms with Gasteiger partial charge in [-0.25, -0.2) is 4.98 Å². The van der Waals surface area contributed by atoms with Crippen molar-refractivity contribution < 1.29 is 9.32 Å². The smallest absolute Gasteiger partial charge is 0.227 e. The third kappa shape index (κ3) is 3.89. The fraction of sp³-hybridized carbons (Fsp3) is 0.462. The molecule has 2 aromatic heterocycles. The Kier molecular flexibility index (Phi) is 4.31. The van der Waals surface area contributed by atoms with E-state index in [4.69, 9.17) is 4.52 Å². The van der Waals surface area contributed by atoms with Gasteiger partial charge in [-0.05, 0) is 13.8 Å². The molecule has 19 heavy (non-hydrogen) atoms. The molecular formula is C13H17N3O2S. The normalized spacial score (nSPS) is 12.4. The van der Waals surface area contributed by atoms with E-state index in [1.807, 2.05) is 19.2 Å². The van der Waals surface area contributed by atoms with Gasteiger partial charge in [-0.1, -0.05) is 12.1 Å². The van der Waals surface area contributed by atoms with Crippen molar-refractivity contribution in [2.45, 2.75) is 33.1 Å². The lowest BCUT2D eigenvalue weighted by Crippen LogP contribution is -2.28. The van der Waals surface area contributed by atoms with E-state index in [1.54, 1.807) is 17.4 Å². The van der Waals surface area contributed by atoms with E-state index in [-0.39, 0.29) is 18.2 Å². The fourth-order valence-corrected chi connectivity index (χ4v) is 2.53. The van der Waals surface area contributed by atoms with Crippen molar-refractivity contribution in [1.82, 2.24) is 15.5 Å². The number of hydrogen-bond acceptors (Lipinski definition) is 5. The zero-order valence-electron chi connectivity index (χ0n) is 11.3. The van der Waals surface area contributed by atoms with Crippen LogP contribution in [0.25, 0.3) is 0 Å². The van der Waals surface area contributed by atoms with Crippen LogP contribution in [0.5, 0.6) is 0 Å². The van der Waals surface area contributed by atoms with Crippen LogP contribution in [0.1, 0.15) is 35.0 Å². The van der Waals surface area contributed by atoms with E-state index in [0.29, 0.717) is 12.3 Å². The summed E-state index contributed by atoms with van der Waals surface area (Å²) < 4.78 is 5.01. The molecule has 0 radical (unpaired) electrons. The van der Waals surface area contributed by atoms with Crippen LogP contribution < -0.4 is 5.32 Å². The summed E-state index contributed by atoms with van der Waals surface area (Å²) in [4.78, 5) is 16.2. The first kappa shape index (κ1) is 13.7. The largest absolute Gasteiger partial charge is 0.361 e. The van der Waals surface area contributed by atoms with Crippen LogP contribution in [0.2, 0.25) is 0 Å². The maximum atomic E-state index is 11.7. The van der Waals surface area contributed by atoms with E-state index in [0.717, 1.165) is 16.4 Å². The first-order valence-electron chi connectivity index (χ1n) is 6.15. The number of hydrogen-bond donors (Lipinski definition) is 1. The predicted molar refractivity (Wildman–Crippen MR) is 73.2 cm³/mol. The third-order valence-electron chi connectivity index (χ3n) is 2.68. The van der Waals surface area contributed by atoms with Gasteiger partial charge >= 0.3 is 0 Å². The second-order valence-corrected chi connectivity index (χ2v) is 5.53. The molecule has 0 aliphatic rings. The highest BCUT2D eigenvalue weighted by atomic mass is 32.1. The molecule has 102 valence electrons. The van der Waals surface area contributed by atoms with Crippen LogP contribution in [-0.4, -0.2) is 22.6 Å². The van der Waals surface area contributed by atoms with Crippen molar-refractivity contribution >= 4 is 17.2 Å². The van der Waals surface area contributed by atoms with E-state index in [9.17, 15) is 4.79 Å². The fourth-order valence-electron chi connectivity index (χ4n) is 1.67. The third-order valence-corrected chi connectivity index (χ3v) is 3.87. The number of rotatable bonds is 5. The van der Waals surface area contributed by atoms with Crippen LogP contribution in [0, 0.1) is 13.8 Å². The summed E-state index contributed by atoms with van der Waals surface area (Å²) in [6, 6.07) is 1.77. The van der Waals surface area contributed by atoms with Crippen LogP contribution in [0.15, 0.2) is 16.0 Å². The van der Waals surface area contributed by atoms with Gasteiger partial charge in [0.2, 0.25) is 5.91 Å². The first-order chi connectivity index (χ1) is 9.04. The minimum absolute atomic E-state index is 0.0590. The molecule has 2 aromatic rings. The van der Waals surface area contributed by atoms with Crippen molar-refractivity contribution in [2.24, 2.45) is 0 Å². The van der Waals surface area contributed by atoms with Crippen LogP contribution in [0.4, 0.5) is 0 Å². The lowest BCUT2D eigenvalue weighted by molar-refractivity contribution is -0.120. The summed E-state index contributed by atoms with van der Waals surface area (Å²) in [5.74, 6) is 0.753. The van der Waals surface area contributed by atoms with E-state index < -0.39 is 0 Å². The zero-order valence-corrected chi connectivity index (χ0v) is 12.1. The first-order valence-corrected chi connectivity index (χ1v) is 7.03. The molecule has 0 fully saturated rings. The lowest BCUT2D eigenvalue weighted by atomic mass is 10.2. The molecule has 2 heterocycles. The minimum atomic E-state index is -0.0590. The molecule has 0 unspecified atom stereocenters. The quantitative estimate of drug-likeness (QED) is 0.911. The van der Waals surface area contributed by atoms with Gasteiger partial charge in [-0.3, -0.25) is 4.79 Å². The summed E-state index contributed by atoms with van der Waals surface area (Å²) in [6.07, 6.45) is 0.227.